The molecule has 0 amide bonds. The van der Waals surface area contributed by atoms with Crippen LogP contribution in [-0.4, -0.2) is 59.6 Å². The Morgan fingerprint density at radius 3 is 1.88 bits per heavy atom. The molecule has 0 aliphatic heterocycles. The fourth-order valence-corrected chi connectivity index (χ4v) is 3.12. The van der Waals surface area contributed by atoms with Crippen LogP contribution in [0.3, 0.4) is 0 Å². The van der Waals surface area contributed by atoms with Crippen LogP contribution in [0, 0.1) is 33.3 Å². The first-order chi connectivity index (χ1) is 25.0. The van der Waals surface area contributed by atoms with Crippen molar-refractivity contribution >= 4 is 17.6 Å². The number of nitrogens with one attached hydrogen (secondary N) is 1. The van der Waals surface area contributed by atoms with Gasteiger partial charge in [-0.25, -0.2) is 14.5 Å². The van der Waals surface area contributed by atoms with E-state index in [-0.39, 0.29) is 22.7 Å². The molecule has 6 N–H and O–H groups in total. The summed E-state index contributed by atoms with van der Waals surface area (Å²) < 4.78 is 4.61. The van der Waals surface area contributed by atoms with Crippen LogP contribution in [0.1, 0.15) is 21.9 Å². The Bertz CT molecular complexity index is 2120. The monoisotopic (exact) mass is 711 g/mol. The fourth-order valence-electron chi connectivity index (χ4n) is 3.12. The van der Waals surface area contributed by atoms with E-state index in [4.69, 9.17) is 47.6 Å². The van der Waals surface area contributed by atoms with Gasteiger partial charge in [-0.1, -0.05) is 18.2 Å². The molecular weight excluding hydrogens is 678 g/mol. The average molecular weight is 712 g/mol. The van der Waals surface area contributed by atoms with E-state index in [1.54, 1.807) is 73.1 Å². The highest BCUT2D eigenvalue weighted by atomic mass is 16.6. The first-order valence-corrected chi connectivity index (χ1v) is 14.2. The lowest BCUT2D eigenvalue weighted by Crippen LogP contribution is -2.24. The zero-order valence-corrected chi connectivity index (χ0v) is 27.6. The Kier molecular flexibility index (Phi) is 19.1. The van der Waals surface area contributed by atoms with Gasteiger partial charge in [0.25, 0.3) is 0 Å². The van der Waals surface area contributed by atoms with Crippen molar-refractivity contribution in [1.29, 1.82) is 15.9 Å². The van der Waals surface area contributed by atoms with Crippen molar-refractivity contribution in [1.82, 2.24) is 23.9 Å². The predicted molar refractivity (Wildman–Crippen MR) is 182 cm³/mol. The van der Waals surface area contributed by atoms with Gasteiger partial charge in [0.15, 0.2) is 22.6 Å². The number of azide groups is 1. The molecule has 6 rings (SSSR count). The molecule has 0 aromatic carbocycles. The van der Waals surface area contributed by atoms with Gasteiger partial charge in [0, 0.05) is 42.6 Å². The summed E-state index contributed by atoms with van der Waals surface area (Å²) in [6.07, 6.45) is 8.95. The third kappa shape index (κ3) is 15.5. The minimum atomic E-state index is -0.994. The topological polar surface area (TPSA) is 302 Å². The number of pyridine rings is 3. The molecule has 0 spiro atoms. The third-order valence-corrected chi connectivity index (χ3v) is 5.47. The standard InChI is InChI=1S/C6H6N2O.C6H7NO3.C5H4N4O.C5H4N2O.C5H6N2O.C5H6N2/c1-9-8-4-2-3-6(8)5-7;1-10-7-4-2-3-5(7)6(8)9;6-8-7-5-3-1-2-4-9(5)10;6-4-5-2-1-3-7(5)8;6-5-3-1-2-4-7(5)8;6-5-3-1-2-4-7-5/h2-4H,1H3;2-4H,1H3,(H,8,9);1-4H;1-3,8H;1-4,6,8H;1-4H,(H2,6,7). The predicted octanol–water partition coefficient (Wildman–Crippen LogP) is 3.39. The molecule has 268 valence electrons. The van der Waals surface area contributed by atoms with E-state index in [0.717, 1.165) is 9.46 Å². The van der Waals surface area contributed by atoms with Gasteiger partial charge in [0.2, 0.25) is 4.91 Å². The molecule has 0 bridgehead atoms. The zero-order chi connectivity index (χ0) is 38.7. The number of nitrogens with zero attached hydrogens (tertiary/aromatic N) is 11. The Hall–Kier alpha value is -8.35. The Morgan fingerprint density at radius 2 is 1.48 bits per heavy atom. The molecule has 0 saturated heterocycles. The SMILES string of the molecule is COn1cccc1C#N.COn1cccc1C(=O)O.N#Cc1cccn1O.N=c1ccccn1O.Nc1ccccn1.[N-]=[N+]=Nc1cccc[n+]1[O-]. The molecule has 0 atom stereocenters. The summed E-state index contributed by atoms with van der Waals surface area (Å²) >= 11 is 0. The summed E-state index contributed by atoms with van der Waals surface area (Å²) in [7, 11) is 2.92. The van der Waals surface area contributed by atoms with Gasteiger partial charge in [0.1, 0.15) is 32.2 Å². The Labute approximate surface area is 295 Å². The molecule has 0 aliphatic carbocycles. The summed E-state index contributed by atoms with van der Waals surface area (Å²) in [6.45, 7) is 0. The molecule has 6 heterocycles. The van der Waals surface area contributed by atoms with Crippen LogP contribution >= 0.6 is 0 Å². The third-order valence-electron chi connectivity index (χ3n) is 5.47. The van der Waals surface area contributed by atoms with E-state index in [0.29, 0.717) is 16.2 Å². The van der Waals surface area contributed by atoms with Crippen molar-refractivity contribution < 1.29 is 34.7 Å². The number of hydrogen-bond donors (Lipinski definition) is 5. The maximum absolute atomic E-state index is 10.7. The molecular formula is C32H33N13O7. The van der Waals surface area contributed by atoms with Crippen LogP contribution in [0.5, 0.6) is 0 Å². The number of carboxylic acid groups (broad SMARTS) is 1. The van der Waals surface area contributed by atoms with Gasteiger partial charge in [-0.15, -0.1) is 0 Å². The van der Waals surface area contributed by atoms with Crippen LogP contribution in [0.15, 0.2) is 133 Å². The van der Waals surface area contributed by atoms with E-state index in [9.17, 15) is 10.0 Å². The summed E-state index contributed by atoms with van der Waals surface area (Å²) in [6, 6.07) is 28.3. The van der Waals surface area contributed by atoms with Gasteiger partial charge in [-0.2, -0.15) is 29.4 Å². The summed E-state index contributed by atoms with van der Waals surface area (Å²) in [5, 5.41) is 63.1. The van der Waals surface area contributed by atoms with Crippen LogP contribution in [-0.2, 0) is 0 Å². The van der Waals surface area contributed by atoms with Gasteiger partial charge in [0.05, 0.1) is 6.20 Å². The van der Waals surface area contributed by atoms with E-state index in [2.05, 4.69) is 19.8 Å². The van der Waals surface area contributed by atoms with Crippen LogP contribution in [0.2, 0.25) is 0 Å². The first kappa shape index (κ1) is 41.7. The minimum absolute atomic E-state index is 0.0602. The van der Waals surface area contributed by atoms with Crippen molar-refractivity contribution in [3.63, 3.8) is 0 Å². The van der Waals surface area contributed by atoms with Gasteiger partial charge in [-0.3, -0.25) is 5.41 Å². The largest absolute Gasteiger partial charge is 0.710 e. The van der Waals surface area contributed by atoms with Crippen molar-refractivity contribution in [2.24, 2.45) is 5.11 Å². The highest BCUT2D eigenvalue weighted by Gasteiger charge is 2.07. The molecule has 0 aliphatic rings. The number of aromatic nitrogens is 6. The maximum Gasteiger partial charge on any atom is 0.419 e. The lowest BCUT2D eigenvalue weighted by atomic mass is 10.4. The normalized spacial score (nSPS) is 8.69. The highest BCUT2D eigenvalue weighted by Crippen LogP contribution is 2.01. The number of carbonyl (C=O) groups is 1. The number of rotatable bonds is 4. The molecule has 6 aromatic rings. The van der Waals surface area contributed by atoms with Crippen molar-refractivity contribution in [3.8, 4) is 12.1 Å². The van der Waals surface area contributed by atoms with Gasteiger partial charge >= 0.3 is 16.9 Å². The van der Waals surface area contributed by atoms with Crippen LogP contribution < -0.4 is 25.6 Å². The number of nitriles is 2. The molecule has 20 nitrogen and oxygen atoms in total. The summed E-state index contributed by atoms with van der Waals surface area (Å²) in [4.78, 5) is 26.0. The molecule has 0 radical (unpaired) electrons. The number of nitrogens with two attached hydrogens (primary N) is 1. The number of hydrogen-bond acceptors (Lipinski definition) is 12. The molecule has 0 saturated carbocycles. The molecule has 0 fully saturated rings. The second-order valence-electron chi connectivity index (χ2n) is 8.83. The Balaban J connectivity index is 0.000000313. The number of nitrogen functional groups attached to an aromatic ring is 1. The van der Waals surface area contributed by atoms with Crippen LogP contribution in [0.4, 0.5) is 11.6 Å². The van der Waals surface area contributed by atoms with E-state index < -0.39 is 5.97 Å². The second kappa shape index (κ2) is 23.9. The smallest absolute Gasteiger partial charge is 0.419 e. The second-order valence-corrected chi connectivity index (χ2v) is 8.83. The number of aromatic carboxylic acids is 1. The average Bonchev–Trinajstić information content (AvgIpc) is 3.93. The van der Waals surface area contributed by atoms with Gasteiger partial charge in [-0.05, 0) is 66.7 Å². The van der Waals surface area contributed by atoms with Crippen molar-refractivity contribution in [3.05, 3.63) is 166 Å². The lowest BCUT2D eigenvalue weighted by Gasteiger charge is -2.00. The maximum atomic E-state index is 10.7. The van der Waals surface area contributed by atoms with E-state index in [1.165, 1.54) is 72.7 Å². The molecule has 6 aromatic heterocycles. The van der Waals surface area contributed by atoms with Crippen LogP contribution in [0.25, 0.3) is 10.4 Å². The molecule has 20 heteroatoms. The van der Waals surface area contributed by atoms with Gasteiger partial charge < -0.3 is 36.1 Å². The van der Waals surface area contributed by atoms with E-state index in [1.807, 2.05) is 18.2 Å². The highest BCUT2D eigenvalue weighted by molar-refractivity contribution is 5.85. The summed E-state index contributed by atoms with van der Waals surface area (Å²) in [5.41, 5.74) is 14.2. The zero-order valence-electron chi connectivity index (χ0n) is 27.6. The summed E-state index contributed by atoms with van der Waals surface area (Å²) in [5.74, 6) is -0.362. The Morgan fingerprint density at radius 1 is 0.885 bits per heavy atom. The van der Waals surface area contributed by atoms with Crippen molar-refractivity contribution in [2.45, 2.75) is 0 Å². The minimum Gasteiger partial charge on any atom is -0.710 e. The lowest BCUT2D eigenvalue weighted by molar-refractivity contribution is -0.591. The van der Waals surface area contributed by atoms with Crippen molar-refractivity contribution in [2.75, 3.05) is 20.0 Å². The van der Waals surface area contributed by atoms with E-state index >= 15 is 0 Å². The first-order valence-electron chi connectivity index (χ1n) is 14.2. The molecule has 52 heavy (non-hydrogen) atoms. The molecule has 0 unspecified atom stereocenters. The fraction of sp³-hybridized carbons (Fsp3) is 0.0625. The number of anilines is 1. The quantitative estimate of drug-likeness (QED) is 0.0441. The number of carboxylic acids is 1.